The van der Waals surface area contributed by atoms with Crippen molar-refractivity contribution >= 4 is 33.4 Å². The fourth-order valence-electron chi connectivity index (χ4n) is 2.00. The lowest BCUT2D eigenvalue weighted by Gasteiger charge is -2.14. The monoisotopic (exact) mass is 365 g/mol. The van der Waals surface area contributed by atoms with Crippen molar-refractivity contribution in [2.45, 2.75) is 4.90 Å². The third-order valence-corrected chi connectivity index (χ3v) is 5.53. The smallest absolute Gasteiger partial charge is 0.301 e. The Labute approximate surface area is 146 Å². The van der Waals surface area contributed by atoms with Crippen molar-refractivity contribution in [2.24, 2.45) is 5.16 Å². The van der Waals surface area contributed by atoms with Crippen LogP contribution in [0.3, 0.4) is 0 Å². The summed E-state index contributed by atoms with van der Waals surface area (Å²) in [7, 11) is -0.707. The van der Waals surface area contributed by atoms with Crippen LogP contribution in [0.4, 0.5) is 5.69 Å². The molecule has 6 nitrogen and oxygen atoms in total. The molecule has 0 fully saturated rings. The topological polar surface area (TPSA) is 82.0 Å². The summed E-state index contributed by atoms with van der Waals surface area (Å²) in [5.74, 6) is 0. The number of benzene rings is 2. The first-order valence-electron chi connectivity index (χ1n) is 7.04. The van der Waals surface area contributed by atoms with Crippen molar-refractivity contribution in [3.8, 4) is 0 Å². The molecule has 0 spiro atoms. The number of rotatable bonds is 6. The predicted molar refractivity (Wildman–Crippen MR) is 98.3 cm³/mol. The van der Waals surface area contributed by atoms with E-state index in [1.54, 1.807) is 36.0 Å². The lowest BCUT2D eigenvalue weighted by atomic mass is 10.0. The van der Waals surface area contributed by atoms with Crippen LogP contribution in [-0.4, -0.2) is 44.0 Å². The number of anilines is 1. The number of nitrogens with zero attached hydrogens (tertiary/aromatic N) is 2. The second-order valence-electron chi connectivity index (χ2n) is 5.15. The van der Waals surface area contributed by atoms with E-state index in [1.807, 2.05) is 30.5 Å². The molecule has 0 unspecified atom stereocenters. The van der Waals surface area contributed by atoms with Gasteiger partial charge in [0.25, 0.3) is 0 Å². The number of hydrogen-bond donors (Lipinski definition) is 2. The van der Waals surface area contributed by atoms with Crippen LogP contribution in [-0.2, 0) is 10.2 Å². The van der Waals surface area contributed by atoms with Gasteiger partial charge in [0.05, 0.1) is 5.69 Å². The van der Waals surface area contributed by atoms with Gasteiger partial charge in [-0.25, -0.2) is 0 Å². The fourth-order valence-corrected chi connectivity index (χ4v) is 3.02. The zero-order chi connectivity index (χ0) is 17.7. The Balaban J connectivity index is 2.35. The minimum absolute atomic E-state index is 0.369. The second-order valence-corrected chi connectivity index (χ2v) is 7.91. The maximum atomic E-state index is 11.9. The van der Waals surface area contributed by atoms with E-state index < -0.39 is 10.2 Å². The number of oxime groups is 1. The van der Waals surface area contributed by atoms with E-state index in [9.17, 15) is 13.6 Å². The first kappa shape index (κ1) is 18.3. The summed E-state index contributed by atoms with van der Waals surface area (Å²) < 4.78 is 27.4. The molecular formula is C16H19N3O3S2. The van der Waals surface area contributed by atoms with Gasteiger partial charge in [-0.2, -0.15) is 12.7 Å². The Morgan fingerprint density at radius 1 is 1.12 bits per heavy atom. The molecule has 0 heterocycles. The molecule has 0 amide bonds. The molecule has 2 aromatic carbocycles. The molecule has 8 heteroatoms. The summed E-state index contributed by atoms with van der Waals surface area (Å²) in [6, 6.07) is 14.3. The fraction of sp³-hybridized carbons (Fsp3) is 0.188. The minimum atomic E-state index is -3.60. The highest BCUT2D eigenvalue weighted by atomic mass is 32.2. The van der Waals surface area contributed by atoms with Crippen LogP contribution in [0.1, 0.15) is 11.1 Å². The zero-order valence-electron chi connectivity index (χ0n) is 13.6. The van der Waals surface area contributed by atoms with Gasteiger partial charge in [0, 0.05) is 30.1 Å². The summed E-state index contributed by atoms with van der Waals surface area (Å²) in [4.78, 5) is 1.10. The first-order chi connectivity index (χ1) is 11.4. The van der Waals surface area contributed by atoms with Gasteiger partial charge >= 0.3 is 10.2 Å². The molecule has 2 N–H and O–H groups in total. The SMILES string of the molecule is CSc1ccc(/C(=N\O)c2cccc(NS(=O)(=O)N(C)C)c2)cc1. The van der Waals surface area contributed by atoms with Crippen LogP contribution in [0.25, 0.3) is 0 Å². The summed E-state index contributed by atoms with van der Waals surface area (Å²) in [5.41, 5.74) is 2.10. The second kappa shape index (κ2) is 7.69. The molecule has 2 aromatic rings. The highest BCUT2D eigenvalue weighted by Gasteiger charge is 2.14. The quantitative estimate of drug-likeness (QED) is 0.357. The largest absolute Gasteiger partial charge is 0.410 e. The van der Waals surface area contributed by atoms with Crippen molar-refractivity contribution < 1.29 is 13.6 Å². The van der Waals surface area contributed by atoms with Gasteiger partial charge in [-0.05, 0) is 30.5 Å². The van der Waals surface area contributed by atoms with Crippen molar-refractivity contribution in [2.75, 3.05) is 25.1 Å². The van der Waals surface area contributed by atoms with E-state index in [2.05, 4.69) is 9.88 Å². The Bertz CT molecular complexity index is 832. The van der Waals surface area contributed by atoms with Crippen molar-refractivity contribution in [1.82, 2.24) is 4.31 Å². The Kier molecular flexibility index (Phi) is 5.87. The van der Waals surface area contributed by atoms with Crippen molar-refractivity contribution in [3.63, 3.8) is 0 Å². The van der Waals surface area contributed by atoms with Gasteiger partial charge in [-0.1, -0.05) is 29.4 Å². The van der Waals surface area contributed by atoms with Gasteiger partial charge in [0.2, 0.25) is 0 Å². The number of nitrogens with one attached hydrogen (secondary N) is 1. The molecule has 128 valence electrons. The van der Waals surface area contributed by atoms with Crippen LogP contribution in [0.2, 0.25) is 0 Å². The van der Waals surface area contributed by atoms with Gasteiger partial charge in [-0.3, -0.25) is 4.72 Å². The van der Waals surface area contributed by atoms with Gasteiger partial charge in [0.15, 0.2) is 0 Å². The van der Waals surface area contributed by atoms with Gasteiger partial charge in [-0.15, -0.1) is 11.8 Å². The average molecular weight is 365 g/mol. The van der Waals surface area contributed by atoms with E-state index in [0.29, 0.717) is 17.0 Å². The molecule has 0 aliphatic carbocycles. The maximum absolute atomic E-state index is 11.9. The summed E-state index contributed by atoms with van der Waals surface area (Å²) in [6.07, 6.45) is 1.98. The van der Waals surface area contributed by atoms with E-state index >= 15 is 0 Å². The summed E-state index contributed by atoms with van der Waals surface area (Å²) in [5, 5.41) is 12.8. The van der Waals surface area contributed by atoms with Crippen LogP contribution in [0, 0.1) is 0 Å². The van der Waals surface area contributed by atoms with Crippen molar-refractivity contribution in [3.05, 3.63) is 59.7 Å². The van der Waals surface area contributed by atoms with Crippen LogP contribution < -0.4 is 4.72 Å². The number of hydrogen-bond acceptors (Lipinski definition) is 5. The highest BCUT2D eigenvalue weighted by molar-refractivity contribution is 7.98. The van der Waals surface area contributed by atoms with Gasteiger partial charge in [0.1, 0.15) is 5.71 Å². The standard InChI is InChI=1S/C16H19N3O3S2/c1-19(2)24(21,22)18-14-6-4-5-13(11-14)16(17-20)12-7-9-15(23-3)10-8-12/h4-11,18,20H,1-3H3/b17-16+. The Morgan fingerprint density at radius 3 is 2.33 bits per heavy atom. The zero-order valence-corrected chi connectivity index (χ0v) is 15.2. The number of thioether (sulfide) groups is 1. The van der Waals surface area contributed by atoms with Gasteiger partial charge < -0.3 is 5.21 Å². The van der Waals surface area contributed by atoms with E-state index in [-0.39, 0.29) is 0 Å². The third kappa shape index (κ3) is 4.28. The third-order valence-electron chi connectivity index (χ3n) is 3.33. The molecule has 0 aliphatic heterocycles. The van der Waals surface area contributed by atoms with E-state index in [1.165, 1.54) is 14.1 Å². The average Bonchev–Trinajstić information content (AvgIpc) is 2.56. The van der Waals surface area contributed by atoms with Crippen LogP contribution in [0.5, 0.6) is 0 Å². The van der Waals surface area contributed by atoms with Crippen LogP contribution >= 0.6 is 11.8 Å². The Morgan fingerprint density at radius 2 is 1.79 bits per heavy atom. The molecule has 0 atom stereocenters. The van der Waals surface area contributed by atoms with E-state index in [4.69, 9.17) is 0 Å². The van der Waals surface area contributed by atoms with E-state index in [0.717, 1.165) is 14.8 Å². The lowest BCUT2D eigenvalue weighted by molar-refractivity contribution is 0.319. The minimum Gasteiger partial charge on any atom is -0.410 e. The summed E-state index contributed by atoms with van der Waals surface area (Å²) >= 11 is 1.62. The first-order valence-corrected chi connectivity index (χ1v) is 9.71. The molecule has 0 aromatic heterocycles. The normalized spacial score (nSPS) is 12.4. The molecule has 24 heavy (non-hydrogen) atoms. The Hall–Kier alpha value is -2.03. The maximum Gasteiger partial charge on any atom is 0.301 e. The van der Waals surface area contributed by atoms with Crippen molar-refractivity contribution in [1.29, 1.82) is 0 Å². The predicted octanol–water partition coefficient (Wildman–Crippen LogP) is 2.85. The summed E-state index contributed by atoms with van der Waals surface area (Å²) in [6.45, 7) is 0. The van der Waals surface area contributed by atoms with Crippen LogP contribution in [0.15, 0.2) is 58.6 Å². The molecular weight excluding hydrogens is 346 g/mol. The molecule has 0 saturated carbocycles. The molecule has 2 rings (SSSR count). The highest BCUT2D eigenvalue weighted by Crippen LogP contribution is 2.20. The molecule has 0 radical (unpaired) electrons. The molecule has 0 bridgehead atoms. The lowest BCUT2D eigenvalue weighted by Crippen LogP contribution is -2.29. The molecule has 0 aliphatic rings. The molecule has 0 saturated heterocycles.